The van der Waals surface area contributed by atoms with E-state index in [1.54, 1.807) is 42.3 Å². The molecule has 0 radical (unpaired) electrons. The lowest BCUT2D eigenvalue weighted by atomic mass is 10.0. The number of likely N-dealkylation sites (N-methyl/N-ethyl adjacent to an activating group) is 1. The summed E-state index contributed by atoms with van der Waals surface area (Å²) in [4.78, 5) is 14.6. The fraction of sp³-hybridized carbons (Fsp3) is 0.316. The van der Waals surface area contributed by atoms with Crippen molar-refractivity contribution in [2.24, 2.45) is 5.73 Å². The Morgan fingerprint density at radius 2 is 2.00 bits per heavy atom. The summed E-state index contributed by atoms with van der Waals surface area (Å²) < 4.78 is 23.9. The fourth-order valence-electron chi connectivity index (χ4n) is 2.97. The van der Waals surface area contributed by atoms with Crippen LogP contribution in [0, 0.1) is 5.82 Å². The van der Waals surface area contributed by atoms with E-state index in [0.717, 1.165) is 5.56 Å². The van der Waals surface area contributed by atoms with Gasteiger partial charge in [0.1, 0.15) is 5.82 Å². The third-order valence-corrected chi connectivity index (χ3v) is 4.38. The molecule has 2 aromatic rings. The topological polar surface area (TPSA) is 64.8 Å². The van der Waals surface area contributed by atoms with E-state index in [1.165, 1.54) is 12.1 Å². The number of nitrogens with zero attached hydrogens (tertiary/aromatic N) is 1. The molecular formula is C19H21FN2O3. The van der Waals surface area contributed by atoms with Crippen LogP contribution in [0.2, 0.25) is 0 Å². The molecule has 132 valence electrons. The van der Waals surface area contributed by atoms with Crippen LogP contribution < -0.4 is 15.2 Å². The molecule has 0 aromatic heterocycles. The minimum atomic E-state index is -0.277. The van der Waals surface area contributed by atoms with Crippen molar-refractivity contribution in [2.75, 3.05) is 20.4 Å². The van der Waals surface area contributed by atoms with E-state index in [0.29, 0.717) is 36.4 Å². The fourth-order valence-corrected chi connectivity index (χ4v) is 2.97. The van der Waals surface area contributed by atoms with Crippen LogP contribution in [0.5, 0.6) is 11.5 Å². The molecule has 0 unspecified atom stereocenters. The molecule has 0 spiro atoms. The van der Waals surface area contributed by atoms with Crippen LogP contribution in [0.1, 0.15) is 22.3 Å². The van der Waals surface area contributed by atoms with Crippen LogP contribution in [0.15, 0.2) is 42.5 Å². The van der Waals surface area contributed by atoms with E-state index in [9.17, 15) is 9.18 Å². The molecule has 0 fully saturated rings. The number of hydrogen-bond acceptors (Lipinski definition) is 4. The number of rotatable bonds is 6. The number of fused-ring (bicyclic) bond motifs is 1. The zero-order chi connectivity index (χ0) is 17.8. The van der Waals surface area contributed by atoms with E-state index >= 15 is 0 Å². The highest BCUT2D eigenvalue weighted by Crippen LogP contribution is 2.36. The minimum absolute atomic E-state index is 0.0962. The molecule has 1 heterocycles. The van der Waals surface area contributed by atoms with Gasteiger partial charge >= 0.3 is 0 Å². The van der Waals surface area contributed by atoms with Gasteiger partial charge in [-0.25, -0.2) is 4.39 Å². The Morgan fingerprint density at radius 1 is 1.24 bits per heavy atom. The quantitative estimate of drug-likeness (QED) is 0.875. The standard InChI is InChI=1S/C19H21FN2O3/c1-22(15(9-10-21)11-13-5-7-14(20)8-6-13)19(23)16-3-2-4-17-18(16)25-12-24-17/h2-8,15H,9-12,21H2,1H3/t15-/m1/s1. The summed E-state index contributed by atoms with van der Waals surface area (Å²) in [6.45, 7) is 0.571. The molecule has 0 saturated heterocycles. The van der Waals surface area contributed by atoms with Gasteiger partial charge in [-0.15, -0.1) is 0 Å². The van der Waals surface area contributed by atoms with E-state index in [1.807, 2.05) is 0 Å². The number of amides is 1. The molecule has 0 bridgehead atoms. The predicted octanol–water partition coefficient (Wildman–Crippen LogP) is 2.59. The van der Waals surface area contributed by atoms with Gasteiger partial charge in [0.05, 0.1) is 5.56 Å². The monoisotopic (exact) mass is 344 g/mol. The van der Waals surface area contributed by atoms with Crippen molar-refractivity contribution in [3.8, 4) is 11.5 Å². The van der Waals surface area contributed by atoms with E-state index in [4.69, 9.17) is 15.2 Å². The maximum atomic E-state index is 13.1. The van der Waals surface area contributed by atoms with Gasteiger partial charge in [-0.1, -0.05) is 18.2 Å². The number of hydrogen-bond donors (Lipinski definition) is 1. The average molecular weight is 344 g/mol. The molecular weight excluding hydrogens is 323 g/mol. The van der Waals surface area contributed by atoms with Crippen molar-refractivity contribution >= 4 is 5.91 Å². The number of para-hydroxylation sites is 1. The van der Waals surface area contributed by atoms with Crippen LogP contribution in [-0.2, 0) is 6.42 Å². The summed E-state index contributed by atoms with van der Waals surface area (Å²) in [5.41, 5.74) is 7.16. The molecule has 1 amide bonds. The average Bonchev–Trinajstić information content (AvgIpc) is 3.10. The predicted molar refractivity (Wildman–Crippen MR) is 92.2 cm³/mol. The van der Waals surface area contributed by atoms with Gasteiger partial charge in [0.2, 0.25) is 6.79 Å². The van der Waals surface area contributed by atoms with Crippen LogP contribution in [-0.4, -0.2) is 37.2 Å². The molecule has 0 aliphatic carbocycles. The Kier molecular flexibility index (Phi) is 5.19. The van der Waals surface area contributed by atoms with Crippen molar-refractivity contribution in [3.05, 3.63) is 59.4 Å². The number of ether oxygens (including phenoxy) is 2. The van der Waals surface area contributed by atoms with E-state index in [-0.39, 0.29) is 24.6 Å². The highest BCUT2D eigenvalue weighted by molar-refractivity contribution is 5.98. The molecule has 1 atom stereocenters. The van der Waals surface area contributed by atoms with Crippen molar-refractivity contribution in [1.82, 2.24) is 4.90 Å². The summed E-state index contributed by atoms with van der Waals surface area (Å²) in [5.74, 6) is 0.629. The Hall–Kier alpha value is -2.60. The second kappa shape index (κ2) is 7.53. The van der Waals surface area contributed by atoms with Gasteiger partial charge in [-0.05, 0) is 49.2 Å². The van der Waals surface area contributed by atoms with Gasteiger partial charge in [0, 0.05) is 13.1 Å². The molecule has 1 aliphatic rings. The molecule has 2 N–H and O–H groups in total. The SMILES string of the molecule is CN(C(=O)c1cccc2c1OCO2)[C@H](CCN)Cc1ccc(F)cc1. The smallest absolute Gasteiger partial charge is 0.257 e. The van der Waals surface area contributed by atoms with Gasteiger partial charge < -0.3 is 20.1 Å². The highest BCUT2D eigenvalue weighted by atomic mass is 19.1. The van der Waals surface area contributed by atoms with Crippen LogP contribution in [0.4, 0.5) is 4.39 Å². The van der Waals surface area contributed by atoms with Crippen LogP contribution >= 0.6 is 0 Å². The Labute approximate surface area is 146 Å². The van der Waals surface area contributed by atoms with Crippen LogP contribution in [0.25, 0.3) is 0 Å². The normalized spacial score (nSPS) is 13.6. The zero-order valence-electron chi connectivity index (χ0n) is 14.1. The number of carbonyl (C=O) groups excluding carboxylic acids is 1. The summed E-state index contributed by atoms with van der Waals surface area (Å²) in [5, 5.41) is 0. The van der Waals surface area contributed by atoms with Crippen molar-refractivity contribution in [3.63, 3.8) is 0 Å². The number of benzene rings is 2. The van der Waals surface area contributed by atoms with Gasteiger partial charge in [-0.3, -0.25) is 4.79 Å². The lowest BCUT2D eigenvalue weighted by Gasteiger charge is -2.28. The number of nitrogens with two attached hydrogens (primary N) is 1. The first-order valence-electron chi connectivity index (χ1n) is 8.20. The molecule has 3 rings (SSSR count). The molecule has 25 heavy (non-hydrogen) atoms. The van der Waals surface area contributed by atoms with E-state index in [2.05, 4.69) is 0 Å². The zero-order valence-corrected chi connectivity index (χ0v) is 14.1. The van der Waals surface area contributed by atoms with E-state index < -0.39 is 0 Å². The third kappa shape index (κ3) is 3.74. The number of halogens is 1. The highest BCUT2D eigenvalue weighted by Gasteiger charge is 2.27. The van der Waals surface area contributed by atoms with Gasteiger partial charge in [-0.2, -0.15) is 0 Å². The van der Waals surface area contributed by atoms with Crippen molar-refractivity contribution in [1.29, 1.82) is 0 Å². The Bertz CT molecular complexity index is 749. The first-order valence-corrected chi connectivity index (χ1v) is 8.20. The Balaban J connectivity index is 1.80. The second-order valence-electron chi connectivity index (χ2n) is 6.02. The maximum Gasteiger partial charge on any atom is 0.257 e. The second-order valence-corrected chi connectivity index (χ2v) is 6.02. The first kappa shape index (κ1) is 17.2. The molecule has 5 nitrogen and oxygen atoms in total. The molecule has 2 aromatic carbocycles. The number of carbonyl (C=O) groups is 1. The summed E-state index contributed by atoms with van der Waals surface area (Å²) in [6, 6.07) is 11.5. The van der Waals surface area contributed by atoms with Crippen molar-refractivity contribution < 1.29 is 18.7 Å². The molecule has 6 heteroatoms. The summed E-state index contributed by atoms with van der Waals surface area (Å²) in [7, 11) is 1.75. The molecule has 0 saturated carbocycles. The minimum Gasteiger partial charge on any atom is -0.454 e. The maximum absolute atomic E-state index is 13.1. The first-order chi connectivity index (χ1) is 12.1. The van der Waals surface area contributed by atoms with Gasteiger partial charge in [0.15, 0.2) is 11.5 Å². The van der Waals surface area contributed by atoms with Crippen LogP contribution in [0.3, 0.4) is 0 Å². The lowest BCUT2D eigenvalue weighted by molar-refractivity contribution is 0.0720. The largest absolute Gasteiger partial charge is 0.454 e. The van der Waals surface area contributed by atoms with Gasteiger partial charge in [0.25, 0.3) is 5.91 Å². The third-order valence-electron chi connectivity index (χ3n) is 4.38. The Morgan fingerprint density at radius 3 is 2.72 bits per heavy atom. The molecule has 1 aliphatic heterocycles. The lowest BCUT2D eigenvalue weighted by Crippen LogP contribution is -2.40. The summed E-state index contributed by atoms with van der Waals surface area (Å²) in [6.07, 6.45) is 1.25. The summed E-state index contributed by atoms with van der Waals surface area (Å²) >= 11 is 0. The van der Waals surface area contributed by atoms with Crippen molar-refractivity contribution in [2.45, 2.75) is 18.9 Å².